The Kier molecular flexibility index (Phi) is 55.5. The van der Waals surface area contributed by atoms with Gasteiger partial charge in [-0.1, -0.05) is 269 Å². The lowest BCUT2D eigenvalue weighted by atomic mass is 10.0. The molecule has 0 radical (unpaired) electrons. The minimum absolute atomic E-state index is 0.00245. The first-order valence-electron chi connectivity index (χ1n) is 30.1. The van der Waals surface area contributed by atoms with E-state index in [9.17, 15) is 19.8 Å². The summed E-state index contributed by atoms with van der Waals surface area (Å²) < 4.78 is 5.46. The van der Waals surface area contributed by atoms with Crippen molar-refractivity contribution in [1.29, 1.82) is 0 Å². The molecule has 0 spiro atoms. The first kappa shape index (κ1) is 65.3. The van der Waals surface area contributed by atoms with Crippen LogP contribution in [-0.4, -0.2) is 47.4 Å². The molecular weight excluding hydrogens is 827 g/mol. The average Bonchev–Trinajstić information content (AvgIpc) is 3.33. The molecule has 6 nitrogen and oxygen atoms in total. The molecule has 2 unspecified atom stereocenters. The SMILES string of the molecule is CCCC/C=C\CCCCCCCC(=O)OCCCCCCCCCCCCCC/C=C\CCCCCCCCCCCC(=O)NC(CO)C(O)CCCCCCCCCCCCCCCC. The molecule has 1 amide bonds. The Morgan fingerprint density at radius 1 is 0.403 bits per heavy atom. The number of esters is 1. The van der Waals surface area contributed by atoms with Crippen molar-refractivity contribution in [3.63, 3.8) is 0 Å². The number of amides is 1. The van der Waals surface area contributed by atoms with Crippen LogP contribution in [0.5, 0.6) is 0 Å². The van der Waals surface area contributed by atoms with Crippen molar-refractivity contribution in [2.75, 3.05) is 13.2 Å². The zero-order chi connectivity index (χ0) is 48.6. The molecule has 0 saturated carbocycles. The van der Waals surface area contributed by atoms with Gasteiger partial charge in [-0.15, -0.1) is 0 Å². The molecule has 0 aliphatic carbocycles. The van der Waals surface area contributed by atoms with Crippen LogP contribution < -0.4 is 5.32 Å². The number of allylic oxidation sites excluding steroid dienone is 4. The third-order valence-corrected chi connectivity index (χ3v) is 14.0. The lowest BCUT2D eigenvalue weighted by molar-refractivity contribution is -0.143. The Balaban J connectivity index is 3.40. The van der Waals surface area contributed by atoms with Gasteiger partial charge in [0.25, 0.3) is 0 Å². The Morgan fingerprint density at radius 2 is 0.716 bits per heavy atom. The quantitative estimate of drug-likeness (QED) is 0.0321. The molecule has 0 rings (SSSR count). The van der Waals surface area contributed by atoms with E-state index in [1.165, 1.54) is 250 Å². The number of ether oxygens (including phenoxy) is 1. The van der Waals surface area contributed by atoms with Gasteiger partial charge in [-0.2, -0.15) is 0 Å². The van der Waals surface area contributed by atoms with Gasteiger partial charge in [0.05, 0.1) is 25.4 Å². The highest BCUT2D eigenvalue weighted by Crippen LogP contribution is 2.17. The zero-order valence-corrected chi connectivity index (χ0v) is 45.1. The first-order valence-corrected chi connectivity index (χ1v) is 30.1. The lowest BCUT2D eigenvalue weighted by Gasteiger charge is -2.22. The Bertz CT molecular complexity index is 1040. The maximum absolute atomic E-state index is 12.5. The highest BCUT2D eigenvalue weighted by atomic mass is 16.5. The molecule has 0 aliphatic rings. The van der Waals surface area contributed by atoms with Crippen LogP contribution in [0.4, 0.5) is 0 Å². The summed E-state index contributed by atoms with van der Waals surface area (Å²) >= 11 is 0. The van der Waals surface area contributed by atoms with Crippen LogP contribution >= 0.6 is 0 Å². The van der Waals surface area contributed by atoms with Crippen molar-refractivity contribution < 1.29 is 24.5 Å². The van der Waals surface area contributed by atoms with Crippen molar-refractivity contribution in [2.45, 2.75) is 341 Å². The fraction of sp³-hybridized carbons (Fsp3) is 0.902. The highest BCUT2D eigenvalue weighted by molar-refractivity contribution is 5.76. The van der Waals surface area contributed by atoms with E-state index in [4.69, 9.17) is 4.74 Å². The molecular formula is C61H117NO5. The van der Waals surface area contributed by atoms with E-state index in [0.717, 1.165) is 44.9 Å². The number of aliphatic hydroxyl groups is 2. The second kappa shape index (κ2) is 56.9. The predicted molar refractivity (Wildman–Crippen MR) is 292 cm³/mol. The lowest BCUT2D eigenvalue weighted by Crippen LogP contribution is -2.45. The van der Waals surface area contributed by atoms with E-state index in [2.05, 4.69) is 43.5 Å². The van der Waals surface area contributed by atoms with E-state index < -0.39 is 12.1 Å². The molecule has 0 aromatic carbocycles. The van der Waals surface area contributed by atoms with E-state index in [-0.39, 0.29) is 18.5 Å². The van der Waals surface area contributed by atoms with Crippen LogP contribution in [0, 0.1) is 0 Å². The van der Waals surface area contributed by atoms with Crippen LogP contribution in [0.3, 0.4) is 0 Å². The summed E-state index contributed by atoms with van der Waals surface area (Å²) in [6.45, 7) is 4.92. The zero-order valence-electron chi connectivity index (χ0n) is 45.1. The number of rotatable bonds is 56. The fourth-order valence-corrected chi connectivity index (χ4v) is 9.32. The third-order valence-electron chi connectivity index (χ3n) is 14.0. The molecule has 3 N–H and O–H groups in total. The number of aliphatic hydroxyl groups excluding tert-OH is 2. The van der Waals surface area contributed by atoms with Gasteiger partial charge < -0.3 is 20.3 Å². The molecule has 6 heteroatoms. The standard InChI is InChI=1S/C61H117NO5/c1-3-5-7-9-11-13-15-16-30-34-37-41-45-49-53-59(64)58(57-63)62-60(65)54-50-46-42-38-35-31-28-26-24-22-20-18-17-19-21-23-25-27-29-32-36-40-44-48-52-56-67-61(66)55-51-47-43-39-33-14-12-10-8-6-4-2/h10,12,18,20,58-59,63-64H,3-9,11,13-17,19,21-57H2,1-2H3,(H,62,65)/b12-10-,20-18-. The monoisotopic (exact) mass is 944 g/mol. The molecule has 0 saturated heterocycles. The van der Waals surface area contributed by atoms with E-state index >= 15 is 0 Å². The predicted octanol–water partition coefficient (Wildman–Crippen LogP) is 18.6. The van der Waals surface area contributed by atoms with Crippen LogP contribution in [0.15, 0.2) is 24.3 Å². The number of carbonyl (C=O) groups excluding carboxylic acids is 2. The number of hydrogen-bond acceptors (Lipinski definition) is 5. The Hall–Kier alpha value is -1.66. The minimum Gasteiger partial charge on any atom is -0.466 e. The summed E-state index contributed by atoms with van der Waals surface area (Å²) in [6, 6.07) is -0.543. The van der Waals surface area contributed by atoms with Crippen molar-refractivity contribution in [3.8, 4) is 0 Å². The second-order valence-electron chi connectivity index (χ2n) is 20.7. The summed E-state index contributed by atoms with van der Waals surface area (Å²) in [4.78, 5) is 24.5. The number of hydrogen-bond donors (Lipinski definition) is 3. The van der Waals surface area contributed by atoms with Gasteiger partial charge in [-0.25, -0.2) is 0 Å². The van der Waals surface area contributed by atoms with Gasteiger partial charge >= 0.3 is 5.97 Å². The Morgan fingerprint density at radius 3 is 1.10 bits per heavy atom. The summed E-state index contributed by atoms with van der Waals surface area (Å²) in [6.07, 6.45) is 69.0. The van der Waals surface area contributed by atoms with E-state index in [1.54, 1.807) is 0 Å². The van der Waals surface area contributed by atoms with Crippen LogP contribution in [0.1, 0.15) is 328 Å². The fourth-order valence-electron chi connectivity index (χ4n) is 9.32. The molecule has 0 aromatic rings. The number of carbonyl (C=O) groups is 2. The molecule has 2 atom stereocenters. The van der Waals surface area contributed by atoms with Gasteiger partial charge in [0, 0.05) is 12.8 Å². The van der Waals surface area contributed by atoms with Gasteiger partial charge in [-0.05, 0) is 70.6 Å². The molecule has 396 valence electrons. The van der Waals surface area contributed by atoms with E-state index in [0.29, 0.717) is 25.9 Å². The summed E-state index contributed by atoms with van der Waals surface area (Å²) in [5, 5.41) is 23.3. The van der Waals surface area contributed by atoms with Crippen LogP contribution in [0.25, 0.3) is 0 Å². The van der Waals surface area contributed by atoms with Gasteiger partial charge in [0.1, 0.15) is 0 Å². The molecule has 0 aliphatic heterocycles. The third kappa shape index (κ3) is 53.5. The van der Waals surface area contributed by atoms with Crippen molar-refractivity contribution >= 4 is 11.9 Å². The maximum atomic E-state index is 12.5. The molecule has 0 fully saturated rings. The van der Waals surface area contributed by atoms with Crippen LogP contribution in [0.2, 0.25) is 0 Å². The first-order chi connectivity index (χ1) is 33.0. The normalized spacial score (nSPS) is 12.7. The summed E-state index contributed by atoms with van der Waals surface area (Å²) in [5.74, 6) is -0.0343. The highest BCUT2D eigenvalue weighted by Gasteiger charge is 2.20. The van der Waals surface area contributed by atoms with E-state index in [1.807, 2.05) is 0 Å². The smallest absolute Gasteiger partial charge is 0.305 e. The molecule has 0 bridgehead atoms. The summed E-state index contributed by atoms with van der Waals surface area (Å²) in [5.41, 5.74) is 0. The average molecular weight is 945 g/mol. The van der Waals surface area contributed by atoms with Crippen molar-refractivity contribution in [2.24, 2.45) is 0 Å². The second-order valence-corrected chi connectivity index (χ2v) is 20.7. The molecule has 67 heavy (non-hydrogen) atoms. The maximum Gasteiger partial charge on any atom is 0.305 e. The summed E-state index contributed by atoms with van der Waals surface area (Å²) in [7, 11) is 0. The van der Waals surface area contributed by atoms with Crippen LogP contribution in [-0.2, 0) is 14.3 Å². The Labute approximate surface area is 418 Å². The molecule has 0 heterocycles. The van der Waals surface area contributed by atoms with Crippen molar-refractivity contribution in [3.05, 3.63) is 24.3 Å². The minimum atomic E-state index is -0.665. The van der Waals surface area contributed by atoms with Crippen molar-refractivity contribution in [1.82, 2.24) is 5.32 Å². The largest absolute Gasteiger partial charge is 0.466 e. The number of unbranched alkanes of at least 4 members (excludes halogenated alkanes) is 41. The van der Waals surface area contributed by atoms with Gasteiger partial charge in [-0.3, -0.25) is 9.59 Å². The topological polar surface area (TPSA) is 95.9 Å². The van der Waals surface area contributed by atoms with Gasteiger partial charge in [0.15, 0.2) is 0 Å². The molecule has 0 aromatic heterocycles. The van der Waals surface area contributed by atoms with Gasteiger partial charge in [0.2, 0.25) is 5.91 Å². The number of nitrogens with one attached hydrogen (secondary N) is 1.